The van der Waals surface area contributed by atoms with Gasteiger partial charge in [-0.1, -0.05) is 30.7 Å². The van der Waals surface area contributed by atoms with E-state index in [9.17, 15) is 15.0 Å². The maximum Gasteiger partial charge on any atom is 0.226 e. The van der Waals surface area contributed by atoms with Gasteiger partial charge in [-0.25, -0.2) is 0 Å². The van der Waals surface area contributed by atoms with Crippen LogP contribution < -0.4 is 0 Å². The van der Waals surface area contributed by atoms with Crippen molar-refractivity contribution in [1.82, 2.24) is 4.90 Å². The van der Waals surface area contributed by atoms with E-state index in [0.29, 0.717) is 11.6 Å². The molecule has 1 fully saturated rings. The molecular weight excluding hydrogens is 290 g/mol. The minimum Gasteiger partial charge on any atom is -0.396 e. The van der Waals surface area contributed by atoms with Crippen molar-refractivity contribution in [3.63, 3.8) is 0 Å². The van der Waals surface area contributed by atoms with Crippen LogP contribution in [0.5, 0.6) is 0 Å². The summed E-state index contributed by atoms with van der Waals surface area (Å²) in [4.78, 5) is 14.0. The van der Waals surface area contributed by atoms with E-state index >= 15 is 0 Å². The highest BCUT2D eigenvalue weighted by molar-refractivity contribution is 6.30. The Morgan fingerprint density at radius 1 is 1.43 bits per heavy atom. The molecule has 0 heterocycles. The van der Waals surface area contributed by atoms with Crippen LogP contribution in [0.15, 0.2) is 24.3 Å². The second-order valence-electron chi connectivity index (χ2n) is 6.32. The number of hydrogen-bond acceptors (Lipinski definition) is 3. The molecule has 2 N–H and O–H groups in total. The SMILES string of the molecule is CN(CC(C)(CO)CO)C(=O)C1CC1c1cccc(Cl)c1. The van der Waals surface area contributed by atoms with E-state index in [4.69, 9.17) is 11.6 Å². The summed E-state index contributed by atoms with van der Waals surface area (Å²) < 4.78 is 0. The minimum atomic E-state index is -0.662. The molecule has 116 valence electrons. The van der Waals surface area contributed by atoms with Crippen molar-refractivity contribution in [3.05, 3.63) is 34.9 Å². The zero-order valence-electron chi connectivity index (χ0n) is 12.4. The maximum atomic E-state index is 12.4. The number of amides is 1. The molecule has 0 bridgehead atoms. The third-order valence-corrected chi connectivity index (χ3v) is 4.38. The zero-order chi connectivity index (χ0) is 15.6. The molecule has 4 nitrogen and oxygen atoms in total. The van der Waals surface area contributed by atoms with Gasteiger partial charge in [-0.05, 0) is 30.0 Å². The molecule has 2 unspecified atom stereocenters. The van der Waals surface area contributed by atoms with Crippen molar-refractivity contribution in [2.45, 2.75) is 19.3 Å². The predicted molar refractivity (Wildman–Crippen MR) is 82.2 cm³/mol. The van der Waals surface area contributed by atoms with Crippen molar-refractivity contribution in [2.75, 3.05) is 26.8 Å². The van der Waals surface area contributed by atoms with Gasteiger partial charge in [-0.2, -0.15) is 0 Å². The lowest BCUT2D eigenvalue weighted by molar-refractivity contribution is -0.133. The van der Waals surface area contributed by atoms with Gasteiger partial charge in [0.25, 0.3) is 0 Å². The Morgan fingerprint density at radius 2 is 2.10 bits per heavy atom. The molecule has 0 aromatic heterocycles. The number of halogens is 1. The van der Waals surface area contributed by atoms with Crippen molar-refractivity contribution in [2.24, 2.45) is 11.3 Å². The fourth-order valence-corrected chi connectivity index (χ4v) is 2.86. The van der Waals surface area contributed by atoms with E-state index in [2.05, 4.69) is 0 Å². The van der Waals surface area contributed by atoms with Crippen molar-refractivity contribution in [3.8, 4) is 0 Å². The van der Waals surface area contributed by atoms with Gasteiger partial charge in [0.2, 0.25) is 5.91 Å². The molecule has 1 aromatic carbocycles. The Labute approximate surface area is 130 Å². The van der Waals surface area contributed by atoms with Crippen LogP contribution in [-0.2, 0) is 4.79 Å². The molecule has 1 aliphatic carbocycles. The van der Waals surface area contributed by atoms with Crippen LogP contribution in [0.3, 0.4) is 0 Å². The third-order valence-electron chi connectivity index (χ3n) is 4.14. The first kappa shape index (κ1) is 16.3. The smallest absolute Gasteiger partial charge is 0.226 e. The van der Waals surface area contributed by atoms with E-state index < -0.39 is 5.41 Å². The molecule has 5 heteroatoms. The first-order valence-electron chi connectivity index (χ1n) is 7.12. The number of benzene rings is 1. The lowest BCUT2D eigenvalue weighted by atomic mass is 9.92. The summed E-state index contributed by atoms with van der Waals surface area (Å²) >= 11 is 5.98. The lowest BCUT2D eigenvalue weighted by Gasteiger charge is -2.30. The Kier molecular flexibility index (Phi) is 4.91. The van der Waals surface area contributed by atoms with Crippen LogP contribution in [0.25, 0.3) is 0 Å². The molecule has 2 atom stereocenters. The van der Waals surface area contributed by atoms with Crippen LogP contribution in [0.4, 0.5) is 0 Å². The van der Waals surface area contributed by atoms with Gasteiger partial charge in [0, 0.05) is 29.9 Å². The zero-order valence-corrected chi connectivity index (χ0v) is 13.2. The van der Waals surface area contributed by atoms with E-state index in [0.717, 1.165) is 12.0 Å². The topological polar surface area (TPSA) is 60.8 Å². The fourth-order valence-electron chi connectivity index (χ4n) is 2.66. The molecule has 1 saturated carbocycles. The van der Waals surface area contributed by atoms with Crippen molar-refractivity contribution in [1.29, 1.82) is 0 Å². The van der Waals surface area contributed by atoms with Crippen molar-refractivity contribution >= 4 is 17.5 Å². The van der Waals surface area contributed by atoms with Crippen LogP contribution in [-0.4, -0.2) is 47.8 Å². The molecule has 0 saturated heterocycles. The number of carbonyl (C=O) groups excluding carboxylic acids is 1. The van der Waals surface area contributed by atoms with Gasteiger partial charge >= 0.3 is 0 Å². The molecular formula is C16H22ClNO3. The molecule has 0 spiro atoms. The average molecular weight is 312 g/mol. The Balaban J connectivity index is 1.96. The van der Waals surface area contributed by atoms with Crippen LogP contribution >= 0.6 is 11.6 Å². The molecule has 1 aliphatic rings. The standard InChI is InChI=1S/C16H22ClNO3/c1-16(9-19,10-20)8-18(2)15(21)14-7-13(14)11-4-3-5-12(17)6-11/h3-6,13-14,19-20H,7-10H2,1-2H3. The third kappa shape index (κ3) is 3.76. The normalized spacial score (nSPS) is 21.2. The number of rotatable bonds is 6. The molecule has 1 aromatic rings. The molecule has 0 aliphatic heterocycles. The van der Waals surface area contributed by atoms with Gasteiger partial charge in [0.15, 0.2) is 0 Å². The maximum absolute atomic E-state index is 12.4. The summed E-state index contributed by atoms with van der Waals surface area (Å²) in [5.41, 5.74) is 0.437. The van der Waals surface area contributed by atoms with Gasteiger partial charge < -0.3 is 15.1 Å². The highest BCUT2D eigenvalue weighted by Crippen LogP contribution is 2.48. The summed E-state index contributed by atoms with van der Waals surface area (Å²) in [6.45, 7) is 1.81. The average Bonchev–Trinajstić information content (AvgIpc) is 3.26. The largest absolute Gasteiger partial charge is 0.396 e. The van der Waals surface area contributed by atoms with Gasteiger partial charge in [-0.15, -0.1) is 0 Å². The second-order valence-corrected chi connectivity index (χ2v) is 6.76. The monoisotopic (exact) mass is 311 g/mol. The predicted octanol–water partition coefficient (Wildman–Crippen LogP) is 1.89. The van der Waals surface area contributed by atoms with Crippen LogP contribution in [0.1, 0.15) is 24.8 Å². The number of aliphatic hydroxyl groups is 2. The quantitative estimate of drug-likeness (QED) is 0.843. The van der Waals surface area contributed by atoms with Gasteiger partial charge in [0.1, 0.15) is 0 Å². The molecule has 0 radical (unpaired) electrons. The highest BCUT2D eigenvalue weighted by Gasteiger charge is 2.45. The molecule has 2 rings (SSSR count). The van der Waals surface area contributed by atoms with E-state index in [-0.39, 0.29) is 31.0 Å². The summed E-state index contributed by atoms with van der Waals surface area (Å²) in [7, 11) is 1.72. The summed E-state index contributed by atoms with van der Waals surface area (Å²) in [6, 6.07) is 7.63. The highest BCUT2D eigenvalue weighted by atomic mass is 35.5. The Morgan fingerprint density at radius 3 is 2.67 bits per heavy atom. The van der Waals surface area contributed by atoms with Crippen LogP contribution in [0.2, 0.25) is 5.02 Å². The summed E-state index contributed by atoms with van der Waals surface area (Å²) in [5.74, 6) is 0.274. The number of hydrogen-bond donors (Lipinski definition) is 2. The summed E-state index contributed by atoms with van der Waals surface area (Å²) in [6.07, 6.45) is 0.832. The molecule has 1 amide bonds. The number of aliphatic hydroxyl groups excluding tert-OH is 2. The number of nitrogens with zero attached hydrogens (tertiary/aromatic N) is 1. The Hall–Kier alpha value is -1.10. The lowest BCUT2D eigenvalue weighted by Crippen LogP contribution is -2.42. The first-order chi connectivity index (χ1) is 9.90. The minimum absolute atomic E-state index is 0.0184. The Bertz CT molecular complexity index is 516. The second kappa shape index (κ2) is 6.34. The van der Waals surface area contributed by atoms with Crippen LogP contribution in [0, 0.1) is 11.3 Å². The number of carbonyl (C=O) groups is 1. The summed E-state index contributed by atoms with van der Waals surface area (Å²) in [5, 5.41) is 19.3. The van der Waals surface area contributed by atoms with E-state index in [1.807, 2.05) is 24.3 Å². The van der Waals surface area contributed by atoms with Gasteiger partial charge in [-0.3, -0.25) is 4.79 Å². The first-order valence-corrected chi connectivity index (χ1v) is 7.50. The fraction of sp³-hybridized carbons (Fsp3) is 0.562. The van der Waals surface area contributed by atoms with Gasteiger partial charge in [0.05, 0.1) is 13.2 Å². The van der Waals surface area contributed by atoms with E-state index in [1.165, 1.54) is 0 Å². The van der Waals surface area contributed by atoms with Crippen molar-refractivity contribution < 1.29 is 15.0 Å². The van der Waals surface area contributed by atoms with E-state index in [1.54, 1.807) is 18.9 Å². The molecule has 21 heavy (non-hydrogen) atoms.